The Hall–Kier alpha value is -0.570. The zero-order valence-electron chi connectivity index (χ0n) is 7.01. The summed E-state index contributed by atoms with van der Waals surface area (Å²) in [4.78, 5) is 4.98. The molecule has 0 spiro atoms. The van der Waals surface area contributed by atoms with Gasteiger partial charge >= 0.3 is 0 Å². The van der Waals surface area contributed by atoms with Gasteiger partial charge in [-0.3, -0.25) is 0 Å². The minimum absolute atomic E-state index is 0.674. The minimum Gasteiger partial charge on any atom is -0.302 e. The highest BCUT2D eigenvalue weighted by Gasteiger charge is 1.91. The average molecular weight is 186 g/mol. The number of nitrogens with one attached hydrogen (secondary N) is 1. The summed E-state index contributed by atoms with van der Waals surface area (Å²) in [5.74, 6) is 0. The van der Waals surface area contributed by atoms with E-state index in [1.807, 2.05) is 31.2 Å². The van der Waals surface area contributed by atoms with Gasteiger partial charge in [0.15, 0.2) is 0 Å². The van der Waals surface area contributed by atoms with E-state index in [2.05, 4.69) is 5.48 Å². The summed E-state index contributed by atoms with van der Waals surface area (Å²) in [6.07, 6.45) is 0. The van der Waals surface area contributed by atoms with E-state index < -0.39 is 0 Å². The van der Waals surface area contributed by atoms with Crippen molar-refractivity contribution < 1.29 is 4.84 Å². The maximum atomic E-state index is 5.72. The third kappa shape index (κ3) is 3.22. The number of halogens is 1. The van der Waals surface area contributed by atoms with Crippen molar-refractivity contribution in [3.05, 3.63) is 34.9 Å². The van der Waals surface area contributed by atoms with Gasteiger partial charge in [0.1, 0.15) is 0 Å². The molecule has 1 N–H and O–H groups in total. The van der Waals surface area contributed by atoms with Gasteiger partial charge in [0.25, 0.3) is 0 Å². The average Bonchev–Trinajstić information content (AvgIpc) is 2.09. The summed E-state index contributed by atoms with van der Waals surface area (Å²) in [7, 11) is 0. The molecule has 0 unspecified atom stereocenters. The molecule has 0 aliphatic rings. The van der Waals surface area contributed by atoms with Crippen molar-refractivity contribution in [3.8, 4) is 0 Å². The lowest BCUT2D eigenvalue weighted by Gasteiger charge is -2.02. The summed E-state index contributed by atoms with van der Waals surface area (Å²) < 4.78 is 0. The molecule has 0 radical (unpaired) electrons. The van der Waals surface area contributed by atoms with E-state index in [1.165, 1.54) is 0 Å². The van der Waals surface area contributed by atoms with E-state index >= 15 is 0 Å². The van der Waals surface area contributed by atoms with Gasteiger partial charge in [0.2, 0.25) is 0 Å². The minimum atomic E-state index is 0.674. The first-order valence-corrected chi connectivity index (χ1v) is 4.30. The summed E-state index contributed by atoms with van der Waals surface area (Å²) in [6.45, 7) is 3.33. The Morgan fingerprint density at radius 1 is 1.33 bits per heavy atom. The highest BCUT2D eigenvalue weighted by Crippen LogP contribution is 2.08. The van der Waals surface area contributed by atoms with Gasteiger partial charge in [0.05, 0.1) is 6.61 Å². The van der Waals surface area contributed by atoms with Crippen LogP contribution in [0, 0.1) is 0 Å². The zero-order valence-corrected chi connectivity index (χ0v) is 7.77. The van der Waals surface area contributed by atoms with Gasteiger partial charge in [-0.15, -0.1) is 0 Å². The van der Waals surface area contributed by atoms with Crippen LogP contribution in [0.4, 0.5) is 0 Å². The van der Waals surface area contributed by atoms with E-state index in [0.29, 0.717) is 13.2 Å². The first-order valence-electron chi connectivity index (χ1n) is 3.92. The number of rotatable bonds is 4. The molecule has 1 aromatic carbocycles. The molecular formula is C9H12ClNO. The van der Waals surface area contributed by atoms with Gasteiger partial charge in [-0.05, 0) is 24.6 Å². The molecule has 1 rings (SSSR count). The lowest BCUT2D eigenvalue weighted by molar-refractivity contribution is 0.0463. The summed E-state index contributed by atoms with van der Waals surface area (Å²) in [5, 5.41) is 0.759. The summed E-state index contributed by atoms with van der Waals surface area (Å²) in [5.41, 5.74) is 3.99. The van der Waals surface area contributed by atoms with Crippen LogP contribution in [0.5, 0.6) is 0 Å². The lowest BCUT2D eigenvalue weighted by atomic mass is 10.2. The first kappa shape index (κ1) is 9.52. The van der Waals surface area contributed by atoms with Crippen LogP contribution in [0.1, 0.15) is 12.5 Å². The molecule has 0 aliphatic carbocycles. The third-order valence-corrected chi connectivity index (χ3v) is 1.69. The molecule has 1 aromatic rings. The van der Waals surface area contributed by atoms with Gasteiger partial charge in [0, 0.05) is 11.6 Å². The molecule has 0 saturated heterocycles. The van der Waals surface area contributed by atoms with E-state index in [1.54, 1.807) is 0 Å². The SMILES string of the molecule is CCONCc1ccc(Cl)cc1. The Balaban J connectivity index is 2.37. The van der Waals surface area contributed by atoms with E-state index in [9.17, 15) is 0 Å². The molecule has 0 fully saturated rings. The smallest absolute Gasteiger partial charge is 0.0654 e. The van der Waals surface area contributed by atoms with Crippen LogP contribution in [0.15, 0.2) is 24.3 Å². The van der Waals surface area contributed by atoms with Crippen molar-refractivity contribution in [2.24, 2.45) is 0 Å². The Kier molecular flexibility index (Phi) is 4.08. The Morgan fingerprint density at radius 3 is 2.58 bits per heavy atom. The van der Waals surface area contributed by atoms with Crippen molar-refractivity contribution in [1.29, 1.82) is 0 Å². The molecule has 0 amide bonds. The fourth-order valence-electron chi connectivity index (χ4n) is 0.839. The van der Waals surface area contributed by atoms with Gasteiger partial charge < -0.3 is 4.84 Å². The Bertz CT molecular complexity index is 222. The molecule has 0 saturated carbocycles. The van der Waals surface area contributed by atoms with Gasteiger partial charge in [-0.2, -0.15) is 5.48 Å². The molecular weight excluding hydrogens is 174 g/mol. The molecule has 3 heteroatoms. The van der Waals surface area contributed by atoms with Gasteiger partial charge in [-0.1, -0.05) is 23.7 Å². The van der Waals surface area contributed by atoms with E-state index in [0.717, 1.165) is 10.6 Å². The first-order chi connectivity index (χ1) is 5.83. The maximum Gasteiger partial charge on any atom is 0.0654 e. The Labute approximate surface area is 77.4 Å². The van der Waals surface area contributed by atoms with Gasteiger partial charge in [-0.25, -0.2) is 0 Å². The number of hydrogen-bond donors (Lipinski definition) is 1. The van der Waals surface area contributed by atoms with Crippen LogP contribution >= 0.6 is 11.6 Å². The fraction of sp³-hybridized carbons (Fsp3) is 0.333. The molecule has 0 aromatic heterocycles. The second-order valence-electron chi connectivity index (χ2n) is 2.38. The quantitative estimate of drug-likeness (QED) is 0.575. The van der Waals surface area contributed by atoms with Crippen molar-refractivity contribution in [3.63, 3.8) is 0 Å². The molecule has 0 bridgehead atoms. The van der Waals surface area contributed by atoms with Crippen LogP contribution in [-0.2, 0) is 11.4 Å². The van der Waals surface area contributed by atoms with Crippen molar-refractivity contribution in [2.75, 3.05) is 6.61 Å². The highest BCUT2D eigenvalue weighted by atomic mass is 35.5. The van der Waals surface area contributed by atoms with Crippen molar-refractivity contribution >= 4 is 11.6 Å². The van der Waals surface area contributed by atoms with E-state index in [-0.39, 0.29) is 0 Å². The lowest BCUT2D eigenvalue weighted by Crippen LogP contribution is -2.13. The summed E-state index contributed by atoms with van der Waals surface area (Å²) >= 11 is 5.72. The van der Waals surface area contributed by atoms with Crippen LogP contribution in [0.25, 0.3) is 0 Å². The van der Waals surface area contributed by atoms with Crippen molar-refractivity contribution in [2.45, 2.75) is 13.5 Å². The number of hydrogen-bond acceptors (Lipinski definition) is 2. The predicted molar refractivity (Wildman–Crippen MR) is 49.9 cm³/mol. The molecule has 0 heterocycles. The topological polar surface area (TPSA) is 21.3 Å². The third-order valence-electron chi connectivity index (χ3n) is 1.44. The predicted octanol–water partition coefficient (Wildman–Crippen LogP) is 2.38. The second-order valence-corrected chi connectivity index (χ2v) is 2.82. The van der Waals surface area contributed by atoms with Crippen LogP contribution in [0.3, 0.4) is 0 Å². The second kappa shape index (κ2) is 5.14. The fourth-order valence-corrected chi connectivity index (χ4v) is 0.965. The van der Waals surface area contributed by atoms with Crippen LogP contribution in [0.2, 0.25) is 5.02 Å². The molecule has 2 nitrogen and oxygen atoms in total. The zero-order chi connectivity index (χ0) is 8.81. The molecule has 0 atom stereocenters. The normalized spacial score (nSPS) is 10.2. The number of hydroxylamine groups is 1. The highest BCUT2D eigenvalue weighted by molar-refractivity contribution is 6.30. The number of benzene rings is 1. The monoisotopic (exact) mass is 185 g/mol. The summed E-state index contributed by atoms with van der Waals surface area (Å²) in [6, 6.07) is 7.66. The van der Waals surface area contributed by atoms with Crippen molar-refractivity contribution in [1.82, 2.24) is 5.48 Å². The standard InChI is InChI=1S/C9H12ClNO/c1-2-12-11-7-8-3-5-9(10)6-4-8/h3-6,11H,2,7H2,1H3. The largest absolute Gasteiger partial charge is 0.302 e. The van der Waals surface area contributed by atoms with E-state index in [4.69, 9.17) is 16.4 Å². The van der Waals surface area contributed by atoms with Crippen LogP contribution in [-0.4, -0.2) is 6.61 Å². The molecule has 12 heavy (non-hydrogen) atoms. The molecule has 66 valence electrons. The Morgan fingerprint density at radius 2 is 2.00 bits per heavy atom. The van der Waals surface area contributed by atoms with Crippen LogP contribution < -0.4 is 5.48 Å². The maximum absolute atomic E-state index is 5.72. The molecule has 0 aliphatic heterocycles.